The summed E-state index contributed by atoms with van der Waals surface area (Å²) >= 11 is 0. The van der Waals surface area contributed by atoms with E-state index in [4.69, 9.17) is 9.84 Å². The summed E-state index contributed by atoms with van der Waals surface area (Å²) in [6.07, 6.45) is 4.73. The second-order valence-electron chi connectivity index (χ2n) is 5.47. The fourth-order valence-corrected chi connectivity index (χ4v) is 2.90. The third-order valence-electron chi connectivity index (χ3n) is 4.17. The summed E-state index contributed by atoms with van der Waals surface area (Å²) in [4.78, 5) is 10.9. The Hall–Kier alpha value is -1.35. The first-order valence-corrected chi connectivity index (χ1v) is 6.63. The second-order valence-corrected chi connectivity index (χ2v) is 5.47. The monoisotopic (exact) mass is 246 g/mol. The van der Waals surface area contributed by atoms with E-state index in [1.807, 2.05) is 0 Å². The van der Waals surface area contributed by atoms with Crippen LogP contribution in [0.25, 0.3) is 0 Å². The van der Waals surface area contributed by atoms with Crippen molar-refractivity contribution in [2.24, 2.45) is 0 Å². The molecule has 1 N–H and O–H groups in total. The van der Waals surface area contributed by atoms with Gasteiger partial charge in [0.05, 0.1) is 12.5 Å². The van der Waals surface area contributed by atoms with Crippen molar-refractivity contribution in [3.8, 4) is 0 Å². The largest absolute Gasteiger partial charge is 0.481 e. The average Bonchev–Trinajstić information content (AvgIpc) is 2.93. The van der Waals surface area contributed by atoms with Crippen LogP contribution in [0.2, 0.25) is 0 Å². The van der Waals surface area contributed by atoms with Gasteiger partial charge in [-0.3, -0.25) is 4.79 Å². The summed E-state index contributed by atoms with van der Waals surface area (Å²) in [5.41, 5.74) is 2.31. The van der Waals surface area contributed by atoms with Crippen LogP contribution in [0.1, 0.15) is 49.3 Å². The molecule has 3 heteroatoms. The van der Waals surface area contributed by atoms with E-state index in [2.05, 4.69) is 24.3 Å². The molecule has 1 aromatic rings. The number of ether oxygens (including phenoxy) is 1. The van der Waals surface area contributed by atoms with Crippen LogP contribution in [0.5, 0.6) is 0 Å². The van der Waals surface area contributed by atoms with E-state index in [1.165, 1.54) is 11.1 Å². The van der Waals surface area contributed by atoms with E-state index < -0.39 is 5.97 Å². The topological polar surface area (TPSA) is 46.5 Å². The first-order valence-electron chi connectivity index (χ1n) is 6.63. The fraction of sp³-hybridized carbons (Fsp3) is 0.533. The molecular weight excluding hydrogens is 228 g/mol. The van der Waals surface area contributed by atoms with Gasteiger partial charge in [-0.2, -0.15) is 0 Å². The number of carbonyl (C=O) groups is 1. The van der Waals surface area contributed by atoms with Crippen LogP contribution in [0.15, 0.2) is 24.3 Å². The lowest BCUT2D eigenvalue weighted by Crippen LogP contribution is -2.13. The van der Waals surface area contributed by atoms with Gasteiger partial charge in [-0.15, -0.1) is 0 Å². The summed E-state index contributed by atoms with van der Waals surface area (Å²) in [6.45, 7) is 0.857. The summed E-state index contributed by atoms with van der Waals surface area (Å²) in [7, 11) is 0. The van der Waals surface area contributed by atoms with Crippen molar-refractivity contribution in [1.29, 1.82) is 0 Å². The molecule has 3 nitrogen and oxygen atoms in total. The Balaban J connectivity index is 1.76. The molecule has 0 aromatic heterocycles. The summed E-state index contributed by atoms with van der Waals surface area (Å²) < 4.78 is 5.65. The Bertz CT molecular complexity index is 439. The van der Waals surface area contributed by atoms with Crippen molar-refractivity contribution in [3.63, 3.8) is 0 Å². The highest BCUT2D eigenvalue weighted by molar-refractivity contribution is 5.70. The van der Waals surface area contributed by atoms with Crippen LogP contribution in [-0.4, -0.2) is 17.7 Å². The van der Waals surface area contributed by atoms with Gasteiger partial charge in [0.15, 0.2) is 0 Å². The predicted molar refractivity (Wildman–Crippen MR) is 67.5 cm³/mol. The quantitative estimate of drug-likeness (QED) is 0.888. The maximum atomic E-state index is 10.9. The van der Waals surface area contributed by atoms with Gasteiger partial charge in [0.25, 0.3) is 0 Å². The Morgan fingerprint density at radius 1 is 1.33 bits per heavy atom. The van der Waals surface area contributed by atoms with Gasteiger partial charge < -0.3 is 9.84 Å². The predicted octanol–water partition coefficient (Wildman–Crippen LogP) is 3.04. The number of aliphatic carboxylic acids is 1. The Labute approximate surface area is 107 Å². The van der Waals surface area contributed by atoms with E-state index in [9.17, 15) is 4.79 Å². The van der Waals surface area contributed by atoms with Crippen LogP contribution >= 0.6 is 0 Å². The van der Waals surface area contributed by atoms with Crippen LogP contribution in [0.4, 0.5) is 0 Å². The van der Waals surface area contributed by atoms with E-state index in [-0.39, 0.29) is 17.9 Å². The molecule has 0 radical (unpaired) electrons. The zero-order valence-corrected chi connectivity index (χ0v) is 10.4. The highest BCUT2D eigenvalue weighted by atomic mass is 16.5. The molecule has 1 saturated carbocycles. The van der Waals surface area contributed by atoms with Crippen molar-refractivity contribution >= 4 is 5.97 Å². The Morgan fingerprint density at radius 3 is 2.56 bits per heavy atom. The van der Waals surface area contributed by atoms with Gasteiger partial charge in [-0.05, 0) is 36.8 Å². The van der Waals surface area contributed by atoms with Crippen LogP contribution < -0.4 is 0 Å². The molecule has 0 bridgehead atoms. The molecule has 1 aromatic carbocycles. The van der Waals surface area contributed by atoms with Gasteiger partial charge in [0.2, 0.25) is 0 Å². The van der Waals surface area contributed by atoms with Crippen molar-refractivity contribution in [1.82, 2.24) is 0 Å². The lowest BCUT2D eigenvalue weighted by Gasteiger charge is -2.15. The zero-order chi connectivity index (χ0) is 12.6. The molecule has 2 aliphatic rings. The smallest absolute Gasteiger partial charge is 0.304 e. The molecule has 1 aliphatic carbocycles. The van der Waals surface area contributed by atoms with Crippen molar-refractivity contribution in [2.75, 3.05) is 6.61 Å². The van der Waals surface area contributed by atoms with Gasteiger partial charge in [0, 0.05) is 12.0 Å². The molecule has 96 valence electrons. The molecule has 1 aliphatic heterocycles. The number of benzene rings is 1. The van der Waals surface area contributed by atoms with E-state index >= 15 is 0 Å². The van der Waals surface area contributed by atoms with Gasteiger partial charge in [0.1, 0.15) is 0 Å². The molecule has 18 heavy (non-hydrogen) atoms. The van der Waals surface area contributed by atoms with E-state index in [1.54, 1.807) is 0 Å². The Morgan fingerprint density at radius 2 is 2.06 bits per heavy atom. The summed E-state index contributed by atoms with van der Waals surface area (Å²) in [5.74, 6) is -0.698. The fourth-order valence-electron chi connectivity index (χ4n) is 2.90. The zero-order valence-electron chi connectivity index (χ0n) is 10.4. The lowest BCUT2D eigenvalue weighted by atomic mass is 9.91. The minimum absolute atomic E-state index is 0.0824. The van der Waals surface area contributed by atoms with Crippen molar-refractivity contribution in [2.45, 2.75) is 43.6 Å². The molecule has 1 atom stereocenters. The normalized spacial score (nSPS) is 25.0. The van der Waals surface area contributed by atoms with Crippen molar-refractivity contribution in [3.05, 3.63) is 35.4 Å². The molecule has 1 saturated heterocycles. The van der Waals surface area contributed by atoms with E-state index in [0.29, 0.717) is 0 Å². The third-order valence-corrected chi connectivity index (χ3v) is 4.17. The molecule has 1 unspecified atom stereocenters. The van der Waals surface area contributed by atoms with Gasteiger partial charge in [-0.1, -0.05) is 24.3 Å². The molecule has 2 fully saturated rings. The van der Waals surface area contributed by atoms with Crippen LogP contribution in [0, 0.1) is 0 Å². The number of carboxylic acid groups (broad SMARTS) is 1. The standard InChI is InChI=1S/C15H18O3/c16-14(17)10-15(7-8-15)12-5-3-11(4-6-12)13-2-1-9-18-13/h3-6,13H,1-2,7-10H2,(H,16,17). The maximum Gasteiger partial charge on any atom is 0.304 e. The number of carboxylic acids is 1. The Kier molecular flexibility index (Phi) is 2.86. The third kappa shape index (κ3) is 2.15. The minimum atomic E-state index is -0.698. The van der Waals surface area contributed by atoms with Gasteiger partial charge >= 0.3 is 5.97 Å². The molecular formula is C15H18O3. The summed E-state index contributed by atoms with van der Waals surface area (Å²) in [5, 5.41) is 8.96. The SMILES string of the molecule is O=C(O)CC1(c2ccc(C3CCCO3)cc2)CC1. The molecule has 3 rings (SSSR count). The first-order chi connectivity index (χ1) is 8.70. The highest BCUT2D eigenvalue weighted by Crippen LogP contribution is 2.51. The number of hydrogen-bond acceptors (Lipinski definition) is 2. The molecule has 1 heterocycles. The number of rotatable bonds is 4. The average molecular weight is 246 g/mol. The number of hydrogen-bond donors (Lipinski definition) is 1. The van der Waals surface area contributed by atoms with E-state index in [0.717, 1.165) is 32.3 Å². The lowest BCUT2D eigenvalue weighted by molar-refractivity contribution is -0.137. The minimum Gasteiger partial charge on any atom is -0.481 e. The van der Waals surface area contributed by atoms with Crippen LogP contribution in [0.3, 0.4) is 0 Å². The van der Waals surface area contributed by atoms with Crippen LogP contribution in [-0.2, 0) is 14.9 Å². The summed E-state index contributed by atoms with van der Waals surface area (Å²) in [6, 6.07) is 8.39. The first kappa shape index (κ1) is 11.7. The highest BCUT2D eigenvalue weighted by Gasteiger charge is 2.45. The second kappa shape index (κ2) is 4.39. The van der Waals surface area contributed by atoms with Gasteiger partial charge in [-0.25, -0.2) is 0 Å². The maximum absolute atomic E-state index is 10.9. The molecule has 0 spiro atoms. The molecule has 0 amide bonds. The van der Waals surface area contributed by atoms with Crippen molar-refractivity contribution < 1.29 is 14.6 Å².